The standard InChI is InChI=1S/C21H17FN4O4/c22-15-8-6-14(7-9-15)19-17(12-26(24-19)16-4-2-1-3-5-16)20(28)30-13-18(27)25-11-10-23-21(25)29/h1-9,12H,10-11,13H2,(H,23,29). The van der Waals surface area contributed by atoms with Crippen LogP contribution in [0.25, 0.3) is 16.9 Å². The Morgan fingerprint density at radius 2 is 1.83 bits per heavy atom. The minimum atomic E-state index is -0.774. The molecule has 1 N–H and O–H groups in total. The molecule has 8 nitrogen and oxygen atoms in total. The molecule has 1 aliphatic heterocycles. The number of amides is 3. The molecule has 0 radical (unpaired) electrons. The number of imide groups is 1. The number of rotatable bonds is 5. The molecule has 2 heterocycles. The summed E-state index contributed by atoms with van der Waals surface area (Å²) in [5.74, 6) is -1.80. The minimum Gasteiger partial charge on any atom is -0.452 e. The number of hydrogen-bond acceptors (Lipinski definition) is 5. The van der Waals surface area contributed by atoms with Gasteiger partial charge in [-0.05, 0) is 36.4 Å². The maximum Gasteiger partial charge on any atom is 0.342 e. The van der Waals surface area contributed by atoms with Gasteiger partial charge in [-0.25, -0.2) is 18.7 Å². The first kappa shape index (κ1) is 19.3. The van der Waals surface area contributed by atoms with Crippen molar-refractivity contribution in [3.05, 3.63) is 72.2 Å². The monoisotopic (exact) mass is 408 g/mol. The lowest BCUT2D eigenvalue weighted by atomic mass is 10.1. The molecule has 1 aliphatic rings. The molecule has 0 atom stereocenters. The molecule has 0 aliphatic carbocycles. The summed E-state index contributed by atoms with van der Waals surface area (Å²) in [4.78, 5) is 37.4. The summed E-state index contributed by atoms with van der Waals surface area (Å²) in [6, 6.07) is 14.1. The van der Waals surface area contributed by atoms with Crippen LogP contribution in [0.4, 0.5) is 9.18 Å². The zero-order valence-electron chi connectivity index (χ0n) is 15.7. The van der Waals surface area contributed by atoms with E-state index >= 15 is 0 Å². The van der Waals surface area contributed by atoms with Crippen molar-refractivity contribution in [2.24, 2.45) is 0 Å². The summed E-state index contributed by atoms with van der Waals surface area (Å²) in [7, 11) is 0. The minimum absolute atomic E-state index is 0.115. The largest absolute Gasteiger partial charge is 0.452 e. The first-order valence-corrected chi connectivity index (χ1v) is 9.19. The maximum absolute atomic E-state index is 13.3. The number of benzene rings is 2. The van der Waals surface area contributed by atoms with E-state index < -0.39 is 30.3 Å². The fraction of sp³-hybridized carbons (Fsp3) is 0.143. The molecule has 0 spiro atoms. The maximum atomic E-state index is 13.3. The Morgan fingerprint density at radius 3 is 2.50 bits per heavy atom. The van der Waals surface area contributed by atoms with E-state index in [-0.39, 0.29) is 17.8 Å². The second-order valence-corrected chi connectivity index (χ2v) is 6.53. The Labute approximate surface area is 170 Å². The lowest BCUT2D eigenvalue weighted by Gasteiger charge is -2.12. The predicted octanol–water partition coefficient (Wildman–Crippen LogP) is 2.39. The fourth-order valence-corrected chi connectivity index (χ4v) is 3.05. The molecule has 0 bridgehead atoms. The molecule has 2 aromatic carbocycles. The third-order valence-corrected chi connectivity index (χ3v) is 4.56. The van der Waals surface area contributed by atoms with Crippen molar-refractivity contribution in [2.75, 3.05) is 19.7 Å². The Kier molecular flexibility index (Phi) is 5.25. The highest BCUT2D eigenvalue weighted by molar-refractivity contribution is 6.00. The Bertz CT molecular complexity index is 1100. The van der Waals surface area contributed by atoms with E-state index in [9.17, 15) is 18.8 Å². The number of carbonyl (C=O) groups excluding carboxylic acids is 3. The van der Waals surface area contributed by atoms with Gasteiger partial charge in [0, 0.05) is 24.8 Å². The van der Waals surface area contributed by atoms with Gasteiger partial charge >= 0.3 is 12.0 Å². The lowest BCUT2D eigenvalue weighted by molar-refractivity contribution is -0.130. The SMILES string of the molecule is O=C(OCC(=O)N1CCNC1=O)c1cn(-c2ccccc2)nc1-c1ccc(F)cc1. The Morgan fingerprint density at radius 1 is 1.10 bits per heavy atom. The third-order valence-electron chi connectivity index (χ3n) is 4.56. The molecule has 1 saturated heterocycles. The van der Waals surface area contributed by atoms with Crippen molar-refractivity contribution < 1.29 is 23.5 Å². The van der Waals surface area contributed by atoms with Gasteiger partial charge in [0.05, 0.1) is 5.69 Å². The van der Waals surface area contributed by atoms with Crippen LogP contribution >= 0.6 is 0 Å². The van der Waals surface area contributed by atoms with Crippen LogP contribution in [0.15, 0.2) is 60.8 Å². The Balaban J connectivity index is 1.61. The molecular formula is C21H17FN4O4. The first-order valence-electron chi connectivity index (χ1n) is 9.19. The van der Waals surface area contributed by atoms with Crippen molar-refractivity contribution >= 4 is 17.9 Å². The molecule has 3 amide bonds. The van der Waals surface area contributed by atoms with Crippen LogP contribution in [0.3, 0.4) is 0 Å². The van der Waals surface area contributed by atoms with E-state index in [1.165, 1.54) is 35.1 Å². The molecule has 9 heteroatoms. The van der Waals surface area contributed by atoms with Crippen LogP contribution in [0.5, 0.6) is 0 Å². The van der Waals surface area contributed by atoms with E-state index in [0.29, 0.717) is 17.8 Å². The molecule has 3 aromatic rings. The van der Waals surface area contributed by atoms with Crippen LogP contribution in [0.2, 0.25) is 0 Å². The second kappa shape index (κ2) is 8.16. The van der Waals surface area contributed by atoms with Gasteiger partial charge in [-0.1, -0.05) is 18.2 Å². The summed E-state index contributed by atoms with van der Waals surface area (Å²) in [5.41, 5.74) is 1.63. The zero-order valence-corrected chi connectivity index (χ0v) is 15.7. The number of para-hydroxylation sites is 1. The second-order valence-electron chi connectivity index (χ2n) is 6.53. The van der Waals surface area contributed by atoms with Crippen LogP contribution in [-0.2, 0) is 9.53 Å². The average Bonchev–Trinajstić information content (AvgIpc) is 3.40. The molecule has 0 unspecified atom stereocenters. The number of esters is 1. The highest BCUT2D eigenvalue weighted by Gasteiger charge is 2.28. The predicted molar refractivity (Wildman–Crippen MR) is 104 cm³/mol. The fourth-order valence-electron chi connectivity index (χ4n) is 3.05. The van der Waals surface area contributed by atoms with Gasteiger partial charge in [0.15, 0.2) is 6.61 Å². The van der Waals surface area contributed by atoms with Crippen molar-refractivity contribution in [2.45, 2.75) is 0 Å². The smallest absolute Gasteiger partial charge is 0.342 e. The number of carbonyl (C=O) groups is 3. The number of aromatic nitrogens is 2. The first-order chi connectivity index (χ1) is 14.5. The molecule has 1 aromatic heterocycles. The van der Waals surface area contributed by atoms with Crippen LogP contribution in [0, 0.1) is 5.82 Å². The van der Waals surface area contributed by atoms with Crippen molar-refractivity contribution in [3.63, 3.8) is 0 Å². The number of urea groups is 1. The van der Waals surface area contributed by atoms with Gasteiger partial charge in [-0.3, -0.25) is 9.69 Å². The number of hydrogen-bond donors (Lipinski definition) is 1. The van der Waals surface area contributed by atoms with E-state index in [1.807, 2.05) is 30.3 Å². The number of halogens is 1. The summed E-state index contributed by atoms with van der Waals surface area (Å²) in [6.45, 7) is 0.00466. The number of ether oxygens (including phenoxy) is 1. The van der Waals surface area contributed by atoms with Gasteiger partial charge in [0.25, 0.3) is 5.91 Å². The van der Waals surface area contributed by atoms with Crippen LogP contribution in [0.1, 0.15) is 10.4 Å². The number of nitrogens with one attached hydrogen (secondary N) is 1. The summed E-state index contributed by atoms with van der Waals surface area (Å²) >= 11 is 0. The van der Waals surface area contributed by atoms with Gasteiger partial charge in [-0.2, -0.15) is 5.10 Å². The van der Waals surface area contributed by atoms with E-state index in [2.05, 4.69) is 10.4 Å². The van der Waals surface area contributed by atoms with E-state index in [0.717, 1.165) is 4.90 Å². The molecule has 4 rings (SSSR count). The molecule has 0 saturated carbocycles. The zero-order chi connectivity index (χ0) is 21.1. The van der Waals surface area contributed by atoms with Crippen molar-refractivity contribution in [1.29, 1.82) is 0 Å². The average molecular weight is 408 g/mol. The van der Waals surface area contributed by atoms with Gasteiger partial charge in [0.2, 0.25) is 0 Å². The highest BCUT2D eigenvalue weighted by atomic mass is 19.1. The summed E-state index contributed by atoms with van der Waals surface area (Å²) < 4.78 is 20.0. The normalized spacial score (nSPS) is 13.2. The molecule has 152 valence electrons. The van der Waals surface area contributed by atoms with E-state index in [4.69, 9.17) is 4.74 Å². The van der Waals surface area contributed by atoms with Gasteiger partial charge in [0.1, 0.15) is 17.1 Å². The quantitative estimate of drug-likeness (QED) is 0.655. The summed E-state index contributed by atoms with van der Waals surface area (Å²) in [5, 5.41) is 6.96. The van der Waals surface area contributed by atoms with E-state index in [1.54, 1.807) is 0 Å². The van der Waals surface area contributed by atoms with Gasteiger partial charge < -0.3 is 10.1 Å². The van der Waals surface area contributed by atoms with Crippen molar-refractivity contribution in [3.8, 4) is 16.9 Å². The third kappa shape index (κ3) is 3.90. The Hall–Kier alpha value is -4.01. The molecular weight excluding hydrogens is 391 g/mol. The van der Waals surface area contributed by atoms with Crippen LogP contribution < -0.4 is 5.32 Å². The highest BCUT2D eigenvalue weighted by Crippen LogP contribution is 2.25. The summed E-state index contributed by atoms with van der Waals surface area (Å²) in [6.07, 6.45) is 1.49. The molecule has 30 heavy (non-hydrogen) atoms. The van der Waals surface area contributed by atoms with Crippen LogP contribution in [-0.4, -0.2) is 52.3 Å². The lowest BCUT2D eigenvalue weighted by Crippen LogP contribution is -2.37. The molecule has 1 fully saturated rings. The van der Waals surface area contributed by atoms with Crippen molar-refractivity contribution in [1.82, 2.24) is 20.0 Å². The number of nitrogens with zero attached hydrogens (tertiary/aromatic N) is 3. The van der Waals surface area contributed by atoms with Gasteiger partial charge in [-0.15, -0.1) is 0 Å². The topological polar surface area (TPSA) is 93.5 Å².